The first-order valence-corrected chi connectivity index (χ1v) is 6.70. The van der Waals surface area contributed by atoms with Gasteiger partial charge in [-0.1, -0.05) is 12.8 Å². The smallest absolute Gasteiger partial charge is 0.00671 e. The van der Waals surface area contributed by atoms with Crippen molar-refractivity contribution in [3.05, 3.63) is 0 Å². The van der Waals surface area contributed by atoms with Gasteiger partial charge in [0.25, 0.3) is 0 Å². The largest absolute Gasteiger partial charge is 0.330 e. The molecule has 1 aliphatic heterocycles. The molecule has 1 aliphatic carbocycles. The van der Waals surface area contributed by atoms with Crippen molar-refractivity contribution in [2.24, 2.45) is 11.1 Å². The quantitative estimate of drug-likeness (QED) is 0.772. The van der Waals surface area contributed by atoms with Crippen molar-refractivity contribution in [2.75, 3.05) is 19.6 Å². The summed E-state index contributed by atoms with van der Waals surface area (Å²) in [6, 6.07) is 0.808. The Bertz CT molecular complexity index is 199. The third-order valence-corrected chi connectivity index (χ3v) is 4.36. The van der Waals surface area contributed by atoms with Crippen LogP contribution >= 0.6 is 0 Å². The molecule has 0 radical (unpaired) electrons. The van der Waals surface area contributed by atoms with E-state index in [1.165, 1.54) is 58.0 Å². The summed E-state index contributed by atoms with van der Waals surface area (Å²) in [4.78, 5) is 2.73. The first-order chi connectivity index (χ1) is 7.26. The number of hydrogen-bond acceptors (Lipinski definition) is 2. The van der Waals surface area contributed by atoms with Crippen LogP contribution in [0.3, 0.4) is 0 Å². The Morgan fingerprint density at radius 1 is 1.27 bits per heavy atom. The molecule has 0 spiro atoms. The van der Waals surface area contributed by atoms with E-state index in [1.54, 1.807) is 0 Å². The van der Waals surface area contributed by atoms with E-state index >= 15 is 0 Å². The third-order valence-electron chi connectivity index (χ3n) is 4.36. The molecular weight excluding hydrogens is 184 g/mol. The molecule has 2 N–H and O–H groups in total. The average Bonchev–Trinajstić information content (AvgIpc) is 2.97. The van der Waals surface area contributed by atoms with Gasteiger partial charge in [-0.15, -0.1) is 0 Å². The van der Waals surface area contributed by atoms with Crippen LogP contribution in [0.2, 0.25) is 0 Å². The highest BCUT2D eigenvalue weighted by atomic mass is 15.2. The van der Waals surface area contributed by atoms with E-state index in [0.29, 0.717) is 5.41 Å². The van der Waals surface area contributed by atoms with Gasteiger partial charge in [0.1, 0.15) is 0 Å². The van der Waals surface area contributed by atoms with Crippen molar-refractivity contribution in [3.63, 3.8) is 0 Å². The number of likely N-dealkylation sites (tertiary alicyclic amines) is 1. The predicted molar refractivity (Wildman–Crippen MR) is 64.8 cm³/mol. The summed E-state index contributed by atoms with van der Waals surface area (Å²) in [6.07, 6.45) is 9.77. The van der Waals surface area contributed by atoms with Crippen LogP contribution in [0.1, 0.15) is 51.9 Å². The van der Waals surface area contributed by atoms with Crippen LogP contribution < -0.4 is 5.73 Å². The van der Waals surface area contributed by atoms with Crippen LogP contribution in [0.4, 0.5) is 0 Å². The number of nitrogens with zero attached hydrogens (tertiary/aromatic N) is 1. The molecule has 0 amide bonds. The zero-order valence-corrected chi connectivity index (χ0v) is 10.2. The molecule has 0 bridgehead atoms. The Hall–Kier alpha value is -0.0800. The number of nitrogens with two attached hydrogens (primary N) is 1. The lowest BCUT2D eigenvalue weighted by Crippen LogP contribution is -2.38. The van der Waals surface area contributed by atoms with Gasteiger partial charge in [-0.05, 0) is 57.5 Å². The van der Waals surface area contributed by atoms with Crippen molar-refractivity contribution in [1.82, 2.24) is 4.90 Å². The lowest BCUT2D eigenvalue weighted by Gasteiger charge is -2.31. The fourth-order valence-electron chi connectivity index (χ4n) is 2.97. The van der Waals surface area contributed by atoms with E-state index in [9.17, 15) is 0 Å². The van der Waals surface area contributed by atoms with Gasteiger partial charge in [0, 0.05) is 12.6 Å². The molecule has 1 heterocycles. The maximum absolute atomic E-state index is 5.71. The molecule has 2 aliphatic rings. The minimum Gasteiger partial charge on any atom is -0.330 e. The first kappa shape index (κ1) is 11.4. The molecule has 2 nitrogen and oxygen atoms in total. The maximum Gasteiger partial charge on any atom is 0.00671 e. The number of hydrogen-bond donors (Lipinski definition) is 1. The highest BCUT2D eigenvalue weighted by Gasteiger charge is 2.43. The third kappa shape index (κ3) is 2.94. The molecule has 2 rings (SSSR count). The van der Waals surface area contributed by atoms with Crippen LogP contribution in [0, 0.1) is 5.41 Å². The first-order valence-electron chi connectivity index (χ1n) is 6.70. The Morgan fingerprint density at radius 3 is 2.73 bits per heavy atom. The highest BCUT2D eigenvalue weighted by Crippen LogP contribution is 2.49. The molecule has 1 atom stereocenters. The van der Waals surface area contributed by atoms with Gasteiger partial charge in [-0.2, -0.15) is 0 Å². The van der Waals surface area contributed by atoms with E-state index in [2.05, 4.69) is 11.8 Å². The second-order valence-electron chi connectivity index (χ2n) is 5.71. The van der Waals surface area contributed by atoms with Crippen molar-refractivity contribution in [1.29, 1.82) is 0 Å². The van der Waals surface area contributed by atoms with Crippen molar-refractivity contribution < 1.29 is 0 Å². The Kier molecular flexibility index (Phi) is 3.68. The molecule has 15 heavy (non-hydrogen) atoms. The Labute approximate surface area is 94.2 Å². The summed E-state index contributed by atoms with van der Waals surface area (Å²) in [5.41, 5.74) is 6.34. The van der Waals surface area contributed by atoms with Gasteiger partial charge in [-0.3, -0.25) is 0 Å². The van der Waals surface area contributed by atoms with E-state index < -0.39 is 0 Å². The van der Waals surface area contributed by atoms with Gasteiger partial charge in [0.15, 0.2) is 0 Å². The van der Waals surface area contributed by atoms with Gasteiger partial charge in [-0.25, -0.2) is 0 Å². The molecule has 0 aromatic heterocycles. The lowest BCUT2D eigenvalue weighted by molar-refractivity contribution is 0.167. The normalized spacial score (nSPS) is 31.2. The summed E-state index contributed by atoms with van der Waals surface area (Å²) in [7, 11) is 0. The van der Waals surface area contributed by atoms with Crippen LogP contribution in [-0.2, 0) is 0 Å². The molecular formula is C13H26N2. The van der Waals surface area contributed by atoms with Gasteiger partial charge < -0.3 is 10.6 Å². The molecule has 2 fully saturated rings. The highest BCUT2D eigenvalue weighted by molar-refractivity contribution is 4.96. The van der Waals surface area contributed by atoms with Gasteiger partial charge in [0.05, 0.1) is 0 Å². The summed E-state index contributed by atoms with van der Waals surface area (Å²) < 4.78 is 0. The zero-order valence-electron chi connectivity index (χ0n) is 10.2. The fraction of sp³-hybridized carbons (Fsp3) is 1.00. The fourth-order valence-corrected chi connectivity index (χ4v) is 2.97. The van der Waals surface area contributed by atoms with E-state index in [0.717, 1.165) is 12.6 Å². The molecule has 1 saturated heterocycles. The van der Waals surface area contributed by atoms with Crippen LogP contribution in [-0.4, -0.2) is 30.6 Å². The zero-order chi connectivity index (χ0) is 10.7. The van der Waals surface area contributed by atoms with Gasteiger partial charge >= 0.3 is 0 Å². The van der Waals surface area contributed by atoms with E-state index in [-0.39, 0.29) is 0 Å². The monoisotopic (exact) mass is 210 g/mol. The van der Waals surface area contributed by atoms with Crippen LogP contribution in [0.15, 0.2) is 0 Å². The van der Waals surface area contributed by atoms with Gasteiger partial charge in [0.2, 0.25) is 0 Å². The average molecular weight is 210 g/mol. The predicted octanol–water partition coefficient (Wildman–Crippen LogP) is 2.38. The summed E-state index contributed by atoms with van der Waals surface area (Å²) in [6.45, 7) is 5.94. The standard InChI is InChI=1S/C13H26N2/c1-12-5-3-2-4-10-15(12)11-13(6-7-13)8-9-14/h12H,2-11,14H2,1H3. The van der Waals surface area contributed by atoms with Crippen LogP contribution in [0.25, 0.3) is 0 Å². The molecule has 0 aromatic rings. The lowest BCUT2D eigenvalue weighted by atomic mass is 10.0. The van der Waals surface area contributed by atoms with E-state index in [4.69, 9.17) is 5.73 Å². The summed E-state index contributed by atoms with van der Waals surface area (Å²) >= 11 is 0. The second-order valence-corrected chi connectivity index (χ2v) is 5.71. The van der Waals surface area contributed by atoms with Crippen molar-refractivity contribution >= 4 is 0 Å². The Balaban J connectivity index is 1.86. The summed E-state index contributed by atoms with van der Waals surface area (Å²) in [5.74, 6) is 0. The topological polar surface area (TPSA) is 29.3 Å². The summed E-state index contributed by atoms with van der Waals surface area (Å²) in [5, 5.41) is 0. The maximum atomic E-state index is 5.71. The van der Waals surface area contributed by atoms with Crippen LogP contribution in [0.5, 0.6) is 0 Å². The Morgan fingerprint density at radius 2 is 2.07 bits per heavy atom. The SMILES string of the molecule is CC1CCCCCN1CC1(CCN)CC1. The van der Waals surface area contributed by atoms with Crippen molar-refractivity contribution in [2.45, 2.75) is 57.9 Å². The van der Waals surface area contributed by atoms with Crippen molar-refractivity contribution in [3.8, 4) is 0 Å². The molecule has 88 valence electrons. The molecule has 1 saturated carbocycles. The minimum absolute atomic E-state index is 0.632. The second kappa shape index (κ2) is 4.84. The minimum atomic E-state index is 0.632. The molecule has 0 aromatic carbocycles. The number of rotatable bonds is 4. The molecule has 2 heteroatoms. The van der Waals surface area contributed by atoms with E-state index in [1.807, 2.05) is 0 Å². The molecule has 1 unspecified atom stereocenters.